The standard InChI is InChI=1S/C8H14N2OS/c1-8(2,9)3-6(11)7-4-10-5-12-7/h4-6,11H,3,9H2,1-2H3. The molecule has 3 nitrogen and oxygen atoms in total. The fourth-order valence-corrected chi connectivity index (χ4v) is 1.59. The lowest BCUT2D eigenvalue weighted by Gasteiger charge is -2.21. The molecule has 3 N–H and O–H groups in total. The molecular formula is C8H14N2OS. The number of nitrogens with two attached hydrogens (primary N) is 1. The van der Waals surface area contributed by atoms with Crippen LogP contribution in [0.15, 0.2) is 11.7 Å². The summed E-state index contributed by atoms with van der Waals surface area (Å²) in [4.78, 5) is 4.77. The topological polar surface area (TPSA) is 59.1 Å². The van der Waals surface area contributed by atoms with Gasteiger partial charge in [0.25, 0.3) is 0 Å². The van der Waals surface area contributed by atoms with Crippen LogP contribution in [-0.2, 0) is 0 Å². The second-order valence-corrected chi connectivity index (χ2v) is 4.53. The lowest BCUT2D eigenvalue weighted by atomic mass is 9.98. The van der Waals surface area contributed by atoms with Crippen molar-refractivity contribution < 1.29 is 5.11 Å². The molecule has 1 unspecified atom stereocenters. The van der Waals surface area contributed by atoms with Gasteiger partial charge in [0.05, 0.1) is 16.5 Å². The smallest absolute Gasteiger partial charge is 0.0915 e. The number of hydrogen-bond donors (Lipinski definition) is 2. The fourth-order valence-electron chi connectivity index (χ4n) is 0.989. The minimum absolute atomic E-state index is 0.330. The number of thiazole rings is 1. The van der Waals surface area contributed by atoms with Gasteiger partial charge in [0.2, 0.25) is 0 Å². The van der Waals surface area contributed by atoms with Gasteiger partial charge < -0.3 is 10.8 Å². The fraction of sp³-hybridized carbons (Fsp3) is 0.625. The molecule has 12 heavy (non-hydrogen) atoms. The van der Waals surface area contributed by atoms with Crippen molar-refractivity contribution in [3.8, 4) is 0 Å². The van der Waals surface area contributed by atoms with Gasteiger partial charge in [-0.15, -0.1) is 11.3 Å². The van der Waals surface area contributed by atoms with E-state index in [1.165, 1.54) is 11.3 Å². The predicted octanol–water partition coefficient (Wildman–Crippen LogP) is 1.30. The molecule has 0 fully saturated rings. The lowest BCUT2D eigenvalue weighted by molar-refractivity contribution is 0.145. The molecule has 0 spiro atoms. The number of aliphatic hydroxyl groups excluding tert-OH is 1. The van der Waals surface area contributed by atoms with Gasteiger partial charge in [0, 0.05) is 11.7 Å². The summed E-state index contributed by atoms with van der Waals surface area (Å²) in [5, 5.41) is 9.64. The highest BCUT2D eigenvalue weighted by molar-refractivity contribution is 7.09. The quantitative estimate of drug-likeness (QED) is 0.748. The first-order valence-corrected chi connectivity index (χ1v) is 4.72. The number of rotatable bonds is 3. The summed E-state index contributed by atoms with van der Waals surface area (Å²) in [6, 6.07) is 0. The summed E-state index contributed by atoms with van der Waals surface area (Å²) in [6.07, 6.45) is 1.77. The van der Waals surface area contributed by atoms with E-state index in [0.717, 1.165) is 4.88 Å². The Morgan fingerprint density at radius 3 is 2.83 bits per heavy atom. The minimum atomic E-state index is -0.475. The highest BCUT2D eigenvalue weighted by Gasteiger charge is 2.19. The molecule has 0 aliphatic rings. The van der Waals surface area contributed by atoms with Gasteiger partial charge in [-0.25, -0.2) is 0 Å². The van der Waals surface area contributed by atoms with Crippen molar-refractivity contribution in [2.24, 2.45) is 5.73 Å². The van der Waals surface area contributed by atoms with Crippen LogP contribution >= 0.6 is 11.3 Å². The second-order valence-electron chi connectivity index (χ2n) is 3.61. The first-order chi connectivity index (χ1) is 5.49. The summed E-state index contributed by atoms with van der Waals surface area (Å²) >= 11 is 1.46. The third-order valence-corrected chi connectivity index (χ3v) is 2.38. The maximum Gasteiger partial charge on any atom is 0.0915 e. The molecule has 4 heteroatoms. The van der Waals surface area contributed by atoms with E-state index in [1.54, 1.807) is 11.7 Å². The maximum absolute atomic E-state index is 9.64. The molecule has 0 saturated heterocycles. The first-order valence-electron chi connectivity index (χ1n) is 3.84. The molecule has 1 rings (SSSR count). The number of aromatic nitrogens is 1. The van der Waals surface area contributed by atoms with Gasteiger partial charge in [-0.1, -0.05) is 0 Å². The van der Waals surface area contributed by atoms with Gasteiger partial charge >= 0.3 is 0 Å². The zero-order valence-corrected chi connectivity index (χ0v) is 8.14. The summed E-state index contributed by atoms with van der Waals surface area (Å²) in [7, 11) is 0. The van der Waals surface area contributed by atoms with Crippen LogP contribution in [0.5, 0.6) is 0 Å². The van der Waals surface area contributed by atoms with Crippen molar-refractivity contribution in [2.45, 2.75) is 31.9 Å². The summed E-state index contributed by atoms with van der Waals surface area (Å²) in [6.45, 7) is 3.80. The predicted molar refractivity (Wildman–Crippen MR) is 50.0 cm³/mol. The van der Waals surface area contributed by atoms with E-state index >= 15 is 0 Å². The van der Waals surface area contributed by atoms with Crippen molar-refractivity contribution in [1.29, 1.82) is 0 Å². The Labute approximate surface area is 76.3 Å². The molecule has 1 atom stereocenters. The van der Waals surface area contributed by atoms with Crippen LogP contribution in [0.25, 0.3) is 0 Å². The molecule has 0 bridgehead atoms. The van der Waals surface area contributed by atoms with Crippen LogP contribution in [0, 0.1) is 0 Å². The maximum atomic E-state index is 9.64. The molecule has 1 aromatic rings. The molecule has 1 aromatic heterocycles. The Kier molecular flexibility index (Phi) is 2.82. The highest BCUT2D eigenvalue weighted by Crippen LogP contribution is 2.24. The van der Waals surface area contributed by atoms with Gasteiger partial charge in [-0.2, -0.15) is 0 Å². The summed E-state index contributed by atoms with van der Waals surface area (Å²) in [5.74, 6) is 0. The zero-order chi connectivity index (χ0) is 9.19. The van der Waals surface area contributed by atoms with Crippen molar-refractivity contribution in [3.05, 3.63) is 16.6 Å². The first kappa shape index (κ1) is 9.64. The van der Waals surface area contributed by atoms with Gasteiger partial charge in [0.15, 0.2) is 0 Å². The molecule has 68 valence electrons. The Morgan fingerprint density at radius 1 is 1.75 bits per heavy atom. The molecule has 1 heterocycles. The highest BCUT2D eigenvalue weighted by atomic mass is 32.1. The average Bonchev–Trinajstić information content (AvgIpc) is 2.32. The Hall–Kier alpha value is -0.450. The molecule has 0 amide bonds. The Bertz CT molecular complexity index is 228. The van der Waals surface area contributed by atoms with E-state index in [2.05, 4.69) is 4.98 Å². The Balaban J connectivity index is 2.56. The van der Waals surface area contributed by atoms with Crippen LogP contribution in [-0.4, -0.2) is 15.6 Å². The van der Waals surface area contributed by atoms with Gasteiger partial charge in [-0.05, 0) is 20.3 Å². The zero-order valence-electron chi connectivity index (χ0n) is 7.32. The van der Waals surface area contributed by atoms with Gasteiger partial charge in [-0.3, -0.25) is 4.98 Å². The van der Waals surface area contributed by atoms with Crippen LogP contribution in [0.1, 0.15) is 31.2 Å². The third kappa shape index (κ3) is 2.89. The van der Waals surface area contributed by atoms with E-state index in [0.29, 0.717) is 6.42 Å². The van der Waals surface area contributed by atoms with Crippen molar-refractivity contribution in [1.82, 2.24) is 4.98 Å². The lowest BCUT2D eigenvalue weighted by Crippen LogP contribution is -2.33. The molecule has 0 aliphatic heterocycles. The SMILES string of the molecule is CC(C)(N)CC(O)c1cncs1. The number of nitrogens with zero attached hydrogens (tertiary/aromatic N) is 1. The molecule has 0 radical (unpaired) electrons. The van der Waals surface area contributed by atoms with E-state index < -0.39 is 6.10 Å². The van der Waals surface area contributed by atoms with Crippen LogP contribution in [0.2, 0.25) is 0 Å². The number of aliphatic hydroxyl groups is 1. The minimum Gasteiger partial charge on any atom is -0.387 e. The summed E-state index contributed by atoms with van der Waals surface area (Å²) in [5.41, 5.74) is 7.15. The van der Waals surface area contributed by atoms with Crippen LogP contribution in [0.3, 0.4) is 0 Å². The third-order valence-electron chi connectivity index (χ3n) is 1.50. The summed E-state index contributed by atoms with van der Waals surface area (Å²) < 4.78 is 0. The number of hydrogen-bond acceptors (Lipinski definition) is 4. The van der Waals surface area contributed by atoms with Crippen molar-refractivity contribution in [2.75, 3.05) is 0 Å². The van der Waals surface area contributed by atoms with Crippen LogP contribution < -0.4 is 5.73 Å². The van der Waals surface area contributed by atoms with E-state index in [-0.39, 0.29) is 5.54 Å². The molecule has 0 saturated carbocycles. The average molecular weight is 186 g/mol. The monoisotopic (exact) mass is 186 g/mol. The van der Waals surface area contributed by atoms with E-state index in [9.17, 15) is 5.11 Å². The van der Waals surface area contributed by atoms with Gasteiger partial charge in [0.1, 0.15) is 0 Å². The van der Waals surface area contributed by atoms with Crippen LogP contribution in [0.4, 0.5) is 0 Å². The molecular weight excluding hydrogens is 172 g/mol. The molecule has 0 aromatic carbocycles. The van der Waals surface area contributed by atoms with E-state index in [1.807, 2.05) is 13.8 Å². The second kappa shape index (κ2) is 3.51. The van der Waals surface area contributed by atoms with Crippen molar-refractivity contribution in [3.63, 3.8) is 0 Å². The largest absolute Gasteiger partial charge is 0.387 e. The normalized spacial score (nSPS) is 14.7. The Morgan fingerprint density at radius 2 is 2.42 bits per heavy atom. The van der Waals surface area contributed by atoms with E-state index in [4.69, 9.17) is 5.73 Å². The molecule has 0 aliphatic carbocycles. The van der Waals surface area contributed by atoms with Crippen molar-refractivity contribution >= 4 is 11.3 Å².